The van der Waals surface area contributed by atoms with Crippen LogP contribution >= 0.6 is 0 Å². The van der Waals surface area contributed by atoms with Crippen molar-refractivity contribution in [2.24, 2.45) is 0 Å². The fraction of sp³-hybridized carbons (Fsp3) is 0.462. The number of para-hydroxylation sites is 1. The number of benzene rings is 1. The molecule has 0 spiro atoms. The summed E-state index contributed by atoms with van der Waals surface area (Å²) in [6.45, 7) is 3.66. The van der Waals surface area contributed by atoms with Crippen LogP contribution in [-0.4, -0.2) is 30.5 Å². The quantitative estimate of drug-likeness (QED) is 0.728. The largest absolute Gasteiger partial charge is 0.490 e. The molecule has 1 aromatic carbocycles. The molecule has 1 heterocycles. The van der Waals surface area contributed by atoms with Crippen LogP contribution in [0.2, 0.25) is 0 Å². The summed E-state index contributed by atoms with van der Waals surface area (Å²) in [6.07, 6.45) is 3.02. The van der Waals surface area contributed by atoms with E-state index < -0.39 is 0 Å². The topological polar surface area (TPSA) is 29.5 Å². The number of likely N-dealkylation sites (tertiary alicyclic amines) is 1. The zero-order valence-electron chi connectivity index (χ0n) is 9.56. The van der Waals surface area contributed by atoms with E-state index in [2.05, 4.69) is 13.0 Å². The Morgan fingerprint density at radius 3 is 2.62 bits per heavy atom. The molecule has 3 heteroatoms. The van der Waals surface area contributed by atoms with Crippen molar-refractivity contribution in [1.82, 2.24) is 4.90 Å². The molecule has 1 amide bonds. The lowest BCUT2D eigenvalue weighted by Crippen LogP contribution is -2.37. The Balaban J connectivity index is 1.92. The molecule has 0 aromatic heterocycles. The third-order valence-corrected chi connectivity index (χ3v) is 3.01. The highest BCUT2D eigenvalue weighted by Gasteiger charge is 2.19. The minimum Gasteiger partial charge on any atom is -0.490 e. The molecule has 1 aliphatic heterocycles. The second-order valence-corrected chi connectivity index (χ2v) is 4.22. The number of piperidine rings is 1. The van der Waals surface area contributed by atoms with Crippen molar-refractivity contribution in [2.45, 2.75) is 25.9 Å². The van der Waals surface area contributed by atoms with Gasteiger partial charge in [0.2, 0.25) is 6.41 Å². The maximum absolute atomic E-state index is 10.6. The van der Waals surface area contributed by atoms with Crippen LogP contribution in [0.4, 0.5) is 0 Å². The molecule has 16 heavy (non-hydrogen) atoms. The summed E-state index contributed by atoms with van der Waals surface area (Å²) in [4.78, 5) is 12.4. The van der Waals surface area contributed by atoms with Crippen LogP contribution in [0, 0.1) is 6.92 Å². The Labute approximate surface area is 96.0 Å². The summed E-state index contributed by atoms with van der Waals surface area (Å²) < 4.78 is 5.94. The number of rotatable bonds is 3. The summed E-state index contributed by atoms with van der Waals surface area (Å²) in [5.41, 5.74) is 1.17. The Hall–Kier alpha value is -1.51. The van der Waals surface area contributed by atoms with Gasteiger partial charge in [-0.05, 0) is 18.6 Å². The average molecular weight is 219 g/mol. The van der Waals surface area contributed by atoms with Gasteiger partial charge in [-0.1, -0.05) is 18.2 Å². The molecule has 1 aliphatic rings. The van der Waals surface area contributed by atoms with Crippen LogP contribution in [0.3, 0.4) is 0 Å². The standard InChI is InChI=1S/C13H17NO2/c1-11-4-2-3-5-13(11)16-12-6-8-14(10-15)9-7-12/h2-5,10,12H,6-9H2,1H3. The summed E-state index contributed by atoms with van der Waals surface area (Å²) in [7, 11) is 0. The van der Waals surface area contributed by atoms with Crippen molar-refractivity contribution in [3.63, 3.8) is 0 Å². The van der Waals surface area contributed by atoms with Crippen molar-refractivity contribution in [2.75, 3.05) is 13.1 Å². The predicted molar refractivity (Wildman–Crippen MR) is 62.5 cm³/mol. The van der Waals surface area contributed by atoms with Crippen LogP contribution in [0.1, 0.15) is 18.4 Å². The van der Waals surface area contributed by atoms with E-state index in [4.69, 9.17) is 4.74 Å². The molecule has 0 unspecified atom stereocenters. The van der Waals surface area contributed by atoms with E-state index in [9.17, 15) is 4.79 Å². The van der Waals surface area contributed by atoms with Gasteiger partial charge in [-0.3, -0.25) is 4.79 Å². The van der Waals surface area contributed by atoms with Crippen molar-refractivity contribution >= 4 is 6.41 Å². The molecular formula is C13H17NO2. The highest BCUT2D eigenvalue weighted by atomic mass is 16.5. The van der Waals surface area contributed by atoms with Crippen LogP contribution in [0.25, 0.3) is 0 Å². The molecule has 0 saturated carbocycles. The first-order chi connectivity index (χ1) is 7.79. The lowest BCUT2D eigenvalue weighted by atomic mass is 10.1. The highest BCUT2D eigenvalue weighted by Crippen LogP contribution is 2.21. The lowest BCUT2D eigenvalue weighted by molar-refractivity contribution is -0.119. The number of aryl methyl sites for hydroxylation is 1. The number of nitrogens with zero attached hydrogens (tertiary/aromatic N) is 1. The average Bonchev–Trinajstić information content (AvgIpc) is 2.33. The number of ether oxygens (including phenoxy) is 1. The third kappa shape index (κ3) is 2.54. The lowest BCUT2D eigenvalue weighted by Gasteiger charge is -2.29. The van der Waals surface area contributed by atoms with E-state index in [1.165, 1.54) is 5.56 Å². The molecule has 0 N–H and O–H groups in total. The van der Waals surface area contributed by atoms with Gasteiger partial charge < -0.3 is 9.64 Å². The van der Waals surface area contributed by atoms with Gasteiger partial charge in [0, 0.05) is 25.9 Å². The third-order valence-electron chi connectivity index (χ3n) is 3.01. The fourth-order valence-electron chi connectivity index (χ4n) is 1.97. The van der Waals surface area contributed by atoms with E-state index in [1.807, 2.05) is 18.2 Å². The van der Waals surface area contributed by atoms with Gasteiger partial charge in [0.15, 0.2) is 0 Å². The minimum absolute atomic E-state index is 0.247. The fourth-order valence-corrected chi connectivity index (χ4v) is 1.97. The minimum atomic E-state index is 0.247. The van der Waals surface area contributed by atoms with E-state index in [-0.39, 0.29) is 6.10 Å². The SMILES string of the molecule is Cc1ccccc1OC1CCN(C=O)CC1. The second kappa shape index (κ2) is 5.01. The number of hydrogen-bond acceptors (Lipinski definition) is 2. The van der Waals surface area contributed by atoms with Crippen LogP contribution < -0.4 is 4.74 Å². The monoisotopic (exact) mass is 219 g/mol. The molecule has 2 rings (SSSR count). The second-order valence-electron chi connectivity index (χ2n) is 4.22. The van der Waals surface area contributed by atoms with Crippen LogP contribution in [0.15, 0.2) is 24.3 Å². The maximum atomic E-state index is 10.6. The van der Waals surface area contributed by atoms with Crippen molar-refractivity contribution < 1.29 is 9.53 Å². The normalized spacial score (nSPS) is 17.2. The summed E-state index contributed by atoms with van der Waals surface area (Å²) >= 11 is 0. The summed E-state index contributed by atoms with van der Waals surface area (Å²) in [6, 6.07) is 8.05. The Morgan fingerprint density at radius 1 is 1.31 bits per heavy atom. The number of hydrogen-bond donors (Lipinski definition) is 0. The Morgan fingerprint density at radius 2 is 2.00 bits per heavy atom. The van der Waals surface area contributed by atoms with Gasteiger partial charge in [-0.25, -0.2) is 0 Å². The Kier molecular flexibility index (Phi) is 3.44. The number of carbonyl (C=O) groups is 1. The molecule has 0 atom stereocenters. The number of amides is 1. The van der Waals surface area contributed by atoms with Crippen molar-refractivity contribution in [3.8, 4) is 5.75 Å². The zero-order valence-corrected chi connectivity index (χ0v) is 9.56. The smallest absolute Gasteiger partial charge is 0.209 e. The maximum Gasteiger partial charge on any atom is 0.209 e. The van der Waals surface area contributed by atoms with E-state index in [0.717, 1.165) is 38.1 Å². The van der Waals surface area contributed by atoms with Crippen LogP contribution in [0.5, 0.6) is 5.75 Å². The van der Waals surface area contributed by atoms with Crippen LogP contribution in [-0.2, 0) is 4.79 Å². The van der Waals surface area contributed by atoms with Gasteiger partial charge in [-0.2, -0.15) is 0 Å². The van der Waals surface area contributed by atoms with Crippen molar-refractivity contribution in [3.05, 3.63) is 29.8 Å². The molecule has 1 saturated heterocycles. The summed E-state index contributed by atoms with van der Waals surface area (Å²) in [5.74, 6) is 0.965. The number of carbonyl (C=O) groups excluding carboxylic acids is 1. The summed E-state index contributed by atoms with van der Waals surface area (Å²) in [5, 5.41) is 0. The molecular weight excluding hydrogens is 202 g/mol. The first-order valence-electron chi connectivity index (χ1n) is 5.71. The first kappa shape index (κ1) is 11.0. The molecule has 0 radical (unpaired) electrons. The molecule has 86 valence electrons. The Bertz CT molecular complexity index is 357. The molecule has 3 nitrogen and oxygen atoms in total. The van der Waals surface area contributed by atoms with Gasteiger partial charge in [0.25, 0.3) is 0 Å². The highest BCUT2D eigenvalue weighted by molar-refractivity contribution is 5.47. The van der Waals surface area contributed by atoms with E-state index in [0.29, 0.717) is 0 Å². The molecule has 1 aromatic rings. The molecule has 0 bridgehead atoms. The van der Waals surface area contributed by atoms with Gasteiger partial charge >= 0.3 is 0 Å². The first-order valence-corrected chi connectivity index (χ1v) is 5.71. The van der Waals surface area contributed by atoms with E-state index in [1.54, 1.807) is 4.90 Å². The predicted octanol–water partition coefficient (Wildman–Crippen LogP) is 1.99. The van der Waals surface area contributed by atoms with Gasteiger partial charge in [0.05, 0.1) is 0 Å². The van der Waals surface area contributed by atoms with Crippen molar-refractivity contribution in [1.29, 1.82) is 0 Å². The van der Waals surface area contributed by atoms with Gasteiger partial charge in [-0.15, -0.1) is 0 Å². The molecule has 0 aliphatic carbocycles. The van der Waals surface area contributed by atoms with Gasteiger partial charge in [0.1, 0.15) is 11.9 Å². The van der Waals surface area contributed by atoms with E-state index >= 15 is 0 Å². The molecule has 1 fully saturated rings. The zero-order chi connectivity index (χ0) is 11.4.